The van der Waals surface area contributed by atoms with E-state index in [4.69, 9.17) is 0 Å². The molecule has 0 saturated heterocycles. The lowest BCUT2D eigenvalue weighted by Gasteiger charge is -2.05. The molecule has 0 radical (unpaired) electrons. The lowest BCUT2D eigenvalue weighted by molar-refractivity contribution is 0.863. The quantitative estimate of drug-likeness (QED) is 0.785. The number of nitrogens with one attached hydrogen (secondary N) is 1. The number of hydrogen-bond acceptors (Lipinski definition) is 4. The first-order valence-corrected chi connectivity index (χ1v) is 6.66. The average Bonchev–Trinajstić information content (AvgIpc) is 2.84. The van der Waals surface area contributed by atoms with Gasteiger partial charge < -0.3 is 5.32 Å². The summed E-state index contributed by atoms with van der Waals surface area (Å²) in [7, 11) is 0. The van der Waals surface area contributed by atoms with Crippen molar-refractivity contribution < 1.29 is 0 Å². The first-order chi connectivity index (χ1) is 8.74. The normalized spacial score (nSPS) is 11.0. The fourth-order valence-corrected chi connectivity index (χ4v) is 2.74. The van der Waals surface area contributed by atoms with E-state index in [1.807, 2.05) is 36.6 Å². The molecule has 0 amide bonds. The van der Waals surface area contributed by atoms with Gasteiger partial charge in [0.25, 0.3) is 0 Å². The van der Waals surface area contributed by atoms with Crippen molar-refractivity contribution in [3.8, 4) is 0 Å². The van der Waals surface area contributed by atoms with Crippen LogP contribution >= 0.6 is 11.3 Å². The molecule has 3 aromatic rings. The zero-order valence-electron chi connectivity index (χ0n) is 10.3. The van der Waals surface area contributed by atoms with Crippen LogP contribution < -0.4 is 5.32 Å². The Morgan fingerprint density at radius 2 is 2.00 bits per heavy atom. The third-order valence-electron chi connectivity index (χ3n) is 2.83. The smallest absolute Gasteiger partial charge is 0.212 e. The molecule has 1 aromatic carbocycles. The molecular weight excluding hydrogens is 244 g/mol. The van der Waals surface area contributed by atoms with Crippen molar-refractivity contribution >= 4 is 22.0 Å². The third-order valence-corrected chi connectivity index (χ3v) is 3.66. The van der Waals surface area contributed by atoms with Crippen LogP contribution in [0.15, 0.2) is 30.3 Å². The molecule has 0 saturated carbocycles. The second-order valence-electron chi connectivity index (χ2n) is 4.18. The Morgan fingerprint density at radius 3 is 2.78 bits per heavy atom. The molecule has 2 heterocycles. The lowest BCUT2D eigenvalue weighted by atomic mass is 10.3. The van der Waals surface area contributed by atoms with E-state index in [1.165, 1.54) is 0 Å². The minimum Gasteiger partial charge on any atom is -0.379 e. The average molecular weight is 258 g/mol. The number of aromatic nitrogens is 3. The third kappa shape index (κ3) is 1.97. The van der Waals surface area contributed by atoms with Crippen LogP contribution in [0, 0.1) is 13.8 Å². The highest BCUT2D eigenvalue weighted by Gasteiger charge is 2.11. The van der Waals surface area contributed by atoms with E-state index in [0.29, 0.717) is 0 Å². The van der Waals surface area contributed by atoms with Crippen LogP contribution in [0.4, 0.5) is 5.69 Å². The van der Waals surface area contributed by atoms with Crippen LogP contribution in [-0.4, -0.2) is 14.6 Å². The lowest BCUT2D eigenvalue weighted by Crippen LogP contribution is -2.04. The zero-order chi connectivity index (χ0) is 12.5. The van der Waals surface area contributed by atoms with Crippen LogP contribution in [0.1, 0.15) is 16.4 Å². The molecular formula is C13H14N4S. The summed E-state index contributed by atoms with van der Waals surface area (Å²) in [6.07, 6.45) is 0. The summed E-state index contributed by atoms with van der Waals surface area (Å²) in [4.78, 5) is 5.49. The standard InChI is InChI=1S/C13H14N4S/c1-9-12(8-14-11-6-4-3-5-7-11)17-13(15-9)18-10(2)16-17/h3-7,14H,8H2,1-2H3. The second-order valence-corrected chi connectivity index (χ2v) is 5.34. The van der Waals surface area contributed by atoms with Gasteiger partial charge in [-0.2, -0.15) is 5.10 Å². The highest BCUT2D eigenvalue weighted by Crippen LogP contribution is 2.18. The Bertz CT molecular complexity index is 669. The zero-order valence-corrected chi connectivity index (χ0v) is 11.2. The van der Waals surface area contributed by atoms with Crippen LogP contribution in [0.3, 0.4) is 0 Å². The van der Waals surface area contributed by atoms with Gasteiger partial charge in [0.15, 0.2) is 0 Å². The molecule has 0 aliphatic rings. The predicted molar refractivity (Wildman–Crippen MR) is 74.1 cm³/mol. The van der Waals surface area contributed by atoms with E-state index < -0.39 is 0 Å². The molecule has 4 nitrogen and oxygen atoms in total. The van der Waals surface area contributed by atoms with Crippen molar-refractivity contribution in [2.45, 2.75) is 20.4 Å². The molecule has 0 atom stereocenters. The molecule has 0 unspecified atom stereocenters. The summed E-state index contributed by atoms with van der Waals surface area (Å²) in [5, 5.41) is 8.91. The molecule has 0 spiro atoms. The number of hydrogen-bond donors (Lipinski definition) is 1. The monoisotopic (exact) mass is 258 g/mol. The first-order valence-electron chi connectivity index (χ1n) is 5.84. The molecule has 3 rings (SSSR count). The molecule has 18 heavy (non-hydrogen) atoms. The number of anilines is 1. The number of rotatable bonds is 3. The summed E-state index contributed by atoms with van der Waals surface area (Å²) in [5.41, 5.74) is 3.27. The van der Waals surface area contributed by atoms with Crippen LogP contribution in [-0.2, 0) is 6.54 Å². The minimum absolute atomic E-state index is 0.736. The molecule has 2 aromatic heterocycles. The van der Waals surface area contributed by atoms with Gasteiger partial charge in [-0.25, -0.2) is 9.50 Å². The van der Waals surface area contributed by atoms with E-state index in [-0.39, 0.29) is 0 Å². The van der Waals surface area contributed by atoms with Gasteiger partial charge in [0, 0.05) is 5.69 Å². The van der Waals surface area contributed by atoms with E-state index in [1.54, 1.807) is 11.3 Å². The molecule has 0 fully saturated rings. The predicted octanol–water partition coefficient (Wildman–Crippen LogP) is 3.02. The van der Waals surface area contributed by atoms with Crippen LogP contribution in [0.5, 0.6) is 0 Å². The fourth-order valence-electron chi connectivity index (χ4n) is 1.93. The van der Waals surface area contributed by atoms with Crippen LogP contribution in [0.2, 0.25) is 0 Å². The van der Waals surface area contributed by atoms with E-state index in [2.05, 4.69) is 27.5 Å². The number of para-hydroxylation sites is 1. The Morgan fingerprint density at radius 1 is 1.22 bits per heavy atom. The summed E-state index contributed by atoms with van der Waals surface area (Å²) >= 11 is 1.62. The van der Waals surface area contributed by atoms with Gasteiger partial charge in [0.05, 0.1) is 17.9 Å². The summed E-state index contributed by atoms with van der Waals surface area (Å²) in [6, 6.07) is 10.2. The molecule has 92 valence electrons. The maximum Gasteiger partial charge on any atom is 0.212 e. The van der Waals surface area contributed by atoms with E-state index >= 15 is 0 Å². The van der Waals surface area contributed by atoms with Gasteiger partial charge in [-0.3, -0.25) is 0 Å². The summed E-state index contributed by atoms with van der Waals surface area (Å²) in [5.74, 6) is 0. The molecule has 0 bridgehead atoms. The topological polar surface area (TPSA) is 42.2 Å². The number of nitrogens with zero attached hydrogens (tertiary/aromatic N) is 3. The maximum atomic E-state index is 4.53. The van der Waals surface area contributed by atoms with Gasteiger partial charge in [0.1, 0.15) is 5.01 Å². The molecule has 0 aliphatic carbocycles. The van der Waals surface area contributed by atoms with Gasteiger partial charge in [-0.05, 0) is 26.0 Å². The van der Waals surface area contributed by atoms with Crippen molar-refractivity contribution in [2.24, 2.45) is 0 Å². The van der Waals surface area contributed by atoms with Gasteiger partial charge in [0.2, 0.25) is 4.96 Å². The highest BCUT2D eigenvalue weighted by molar-refractivity contribution is 7.16. The Kier molecular flexibility index (Phi) is 2.76. The van der Waals surface area contributed by atoms with Crippen molar-refractivity contribution in [2.75, 3.05) is 5.32 Å². The Labute approximate surface area is 109 Å². The fraction of sp³-hybridized carbons (Fsp3) is 0.231. The second kappa shape index (κ2) is 4.42. The summed E-state index contributed by atoms with van der Waals surface area (Å²) in [6.45, 7) is 4.77. The maximum absolute atomic E-state index is 4.53. The van der Waals surface area contributed by atoms with Gasteiger partial charge in [-0.15, -0.1) is 0 Å². The van der Waals surface area contributed by atoms with Crippen molar-refractivity contribution in [3.05, 3.63) is 46.7 Å². The highest BCUT2D eigenvalue weighted by atomic mass is 32.1. The summed E-state index contributed by atoms with van der Waals surface area (Å²) < 4.78 is 1.94. The Hall–Kier alpha value is -1.88. The molecule has 5 heteroatoms. The van der Waals surface area contributed by atoms with Crippen molar-refractivity contribution in [1.29, 1.82) is 0 Å². The molecule has 0 aliphatic heterocycles. The number of aryl methyl sites for hydroxylation is 2. The van der Waals surface area contributed by atoms with E-state index in [0.717, 1.165) is 33.6 Å². The van der Waals surface area contributed by atoms with Crippen molar-refractivity contribution in [1.82, 2.24) is 14.6 Å². The van der Waals surface area contributed by atoms with Gasteiger partial charge in [-0.1, -0.05) is 29.5 Å². The SMILES string of the molecule is Cc1nn2c(CNc3ccccc3)c(C)nc2s1. The largest absolute Gasteiger partial charge is 0.379 e. The number of fused-ring (bicyclic) bond motifs is 1. The molecule has 1 N–H and O–H groups in total. The van der Waals surface area contributed by atoms with Gasteiger partial charge >= 0.3 is 0 Å². The number of imidazole rings is 1. The van der Waals surface area contributed by atoms with Crippen LogP contribution in [0.25, 0.3) is 4.96 Å². The van der Waals surface area contributed by atoms with E-state index in [9.17, 15) is 0 Å². The first kappa shape index (κ1) is 11.2. The number of benzene rings is 1. The minimum atomic E-state index is 0.736. The Balaban J connectivity index is 1.88. The van der Waals surface area contributed by atoms with Crippen molar-refractivity contribution in [3.63, 3.8) is 0 Å².